The van der Waals surface area contributed by atoms with Crippen LogP contribution < -0.4 is 16.4 Å². The van der Waals surface area contributed by atoms with E-state index in [1.807, 2.05) is 12.3 Å². The lowest BCUT2D eigenvalue weighted by Crippen LogP contribution is -2.45. The van der Waals surface area contributed by atoms with Crippen LogP contribution in [0.2, 0.25) is 0 Å². The fourth-order valence-corrected chi connectivity index (χ4v) is 5.85. The molecule has 11 nitrogen and oxygen atoms in total. The van der Waals surface area contributed by atoms with Gasteiger partial charge in [-0.05, 0) is 54.1 Å². The summed E-state index contributed by atoms with van der Waals surface area (Å²) in [6.07, 6.45) is 6.13. The number of aromatic nitrogens is 7. The first-order valence-corrected chi connectivity index (χ1v) is 11.7. The minimum atomic E-state index is -0.0144. The van der Waals surface area contributed by atoms with E-state index in [4.69, 9.17) is 16.5 Å². The molecular weight excluding hydrogens is 450 g/mol. The maximum Gasteiger partial charge on any atom is 0.228 e. The summed E-state index contributed by atoms with van der Waals surface area (Å²) in [5.41, 5.74) is 15.4. The molecule has 0 bridgehead atoms. The van der Waals surface area contributed by atoms with Gasteiger partial charge in [0.25, 0.3) is 0 Å². The molecule has 5 heterocycles. The fraction of sp³-hybridized carbons (Fsp3) is 0.318. The number of anilines is 2. The second-order valence-corrected chi connectivity index (χ2v) is 9.64. The summed E-state index contributed by atoms with van der Waals surface area (Å²) in [5.74, 6) is 0.695. The Morgan fingerprint density at radius 1 is 1.15 bits per heavy atom. The van der Waals surface area contributed by atoms with Crippen LogP contribution in [-0.4, -0.2) is 48.2 Å². The smallest absolute Gasteiger partial charge is 0.228 e. The molecule has 6 rings (SSSR count). The van der Waals surface area contributed by atoms with Gasteiger partial charge in [0.1, 0.15) is 16.1 Å². The molecule has 0 aromatic carbocycles. The van der Waals surface area contributed by atoms with Crippen LogP contribution in [0.3, 0.4) is 0 Å². The summed E-state index contributed by atoms with van der Waals surface area (Å²) in [6.45, 7) is 1.52. The van der Waals surface area contributed by atoms with Gasteiger partial charge in [0, 0.05) is 37.2 Å². The van der Waals surface area contributed by atoms with E-state index in [2.05, 4.69) is 47.2 Å². The van der Waals surface area contributed by atoms with Crippen molar-refractivity contribution >= 4 is 34.7 Å². The molecule has 0 unspecified atom stereocenters. The number of piperidine rings is 1. The van der Waals surface area contributed by atoms with Crippen LogP contribution in [-0.2, 0) is 6.42 Å². The van der Waals surface area contributed by atoms with Gasteiger partial charge in [-0.15, -0.1) is 0 Å². The minimum Gasteiger partial charge on any atom is -0.368 e. The molecule has 0 amide bonds. The number of aromatic amines is 1. The molecule has 5 N–H and O–H groups in total. The number of nitriles is 1. The van der Waals surface area contributed by atoms with Gasteiger partial charge in [-0.1, -0.05) is 6.07 Å². The number of hydrogen-bond acceptors (Lipinski definition) is 11. The predicted molar refractivity (Wildman–Crippen MR) is 126 cm³/mol. The highest BCUT2D eigenvalue weighted by molar-refractivity contribution is 7.99. The lowest BCUT2D eigenvalue weighted by molar-refractivity contribution is 0.186. The Balaban J connectivity index is 1.26. The number of hydrogen-bond donors (Lipinski definition) is 3. The highest BCUT2D eigenvalue weighted by Crippen LogP contribution is 2.50. The number of nitrogens with zero attached hydrogens (tertiary/aromatic N) is 8. The first kappa shape index (κ1) is 20.8. The molecule has 1 saturated heterocycles. The van der Waals surface area contributed by atoms with Crippen molar-refractivity contribution in [2.75, 3.05) is 23.7 Å². The van der Waals surface area contributed by atoms with Crippen LogP contribution in [0.5, 0.6) is 0 Å². The van der Waals surface area contributed by atoms with Crippen molar-refractivity contribution in [3.8, 4) is 6.07 Å². The van der Waals surface area contributed by atoms with E-state index in [0.29, 0.717) is 27.0 Å². The second kappa shape index (κ2) is 7.89. The zero-order valence-electron chi connectivity index (χ0n) is 18.1. The molecule has 4 aromatic rings. The predicted octanol–water partition coefficient (Wildman–Crippen LogP) is 1.99. The van der Waals surface area contributed by atoms with E-state index < -0.39 is 0 Å². The van der Waals surface area contributed by atoms with Crippen LogP contribution >= 0.6 is 11.8 Å². The van der Waals surface area contributed by atoms with Gasteiger partial charge >= 0.3 is 0 Å². The Morgan fingerprint density at radius 3 is 2.76 bits per heavy atom. The Kier molecular flexibility index (Phi) is 4.82. The van der Waals surface area contributed by atoms with Crippen molar-refractivity contribution in [2.45, 2.75) is 35.4 Å². The molecule has 170 valence electrons. The summed E-state index contributed by atoms with van der Waals surface area (Å²) in [5, 5.41) is 18.9. The summed E-state index contributed by atoms with van der Waals surface area (Å²) in [7, 11) is 0. The van der Waals surface area contributed by atoms with Crippen LogP contribution in [0.4, 0.5) is 11.9 Å². The minimum absolute atomic E-state index is 0.00648. The third-order valence-corrected chi connectivity index (χ3v) is 7.74. The standard InChI is InChI=1S/C22H21N11S/c23-11-14-16-18(31-32-19(16)34-15-3-7-27-20(25)29-15)30-21(28-14)33-8-4-22(5-9-33)10-13-12(17(22)24)2-1-6-26-13/h1-3,6-7,17H,4-5,8-10,24H2,(H2,25,27,29)(H,28,30,31,32)/t17-/m1/s1. The van der Waals surface area contributed by atoms with Gasteiger partial charge in [-0.2, -0.15) is 15.3 Å². The number of pyridine rings is 1. The van der Waals surface area contributed by atoms with Crippen LogP contribution in [0.15, 0.2) is 40.6 Å². The van der Waals surface area contributed by atoms with Crippen LogP contribution in [0.1, 0.15) is 35.8 Å². The third-order valence-electron chi connectivity index (χ3n) is 6.81. The highest BCUT2D eigenvalue weighted by Gasteiger charge is 2.46. The van der Waals surface area contributed by atoms with Crippen molar-refractivity contribution in [1.82, 2.24) is 35.1 Å². The van der Waals surface area contributed by atoms with Gasteiger partial charge in [0.15, 0.2) is 11.3 Å². The maximum absolute atomic E-state index is 9.83. The van der Waals surface area contributed by atoms with E-state index in [1.54, 1.807) is 12.3 Å². The second-order valence-electron chi connectivity index (χ2n) is 8.63. The Bertz CT molecular complexity index is 1430. The molecule has 12 heteroatoms. The molecule has 34 heavy (non-hydrogen) atoms. The summed E-state index contributed by atoms with van der Waals surface area (Å²) >= 11 is 1.28. The number of rotatable bonds is 3. The molecule has 1 fully saturated rings. The van der Waals surface area contributed by atoms with Gasteiger partial charge in [0.05, 0.1) is 5.39 Å². The molecule has 0 saturated carbocycles. The number of nitrogens with two attached hydrogens (primary N) is 2. The molecule has 1 spiro atoms. The van der Waals surface area contributed by atoms with E-state index in [-0.39, 0.29) is 23.1 Å². The lowest BCUT2D eigenvalue weighted by atomic mass is 9.73. The molecule has 4 aromatic heterocycles. The lowest BCUT2D eigenvalue weighted by Gasteiger charge is -2.42. The average molecular weight is 472 g/mol. The quantitative estimate of drug-likeness (QED) is 0.373. The van der Waals surface area contributed by atoms with Crippen molar-refractivity contribution in [3.63, 3.8) is 0 Å². The zero-order chi connectivity index (χ0) is 23.3. The van der Waals surface area contributed by atoms with Crippen molar-refractivity contribution in [3.05, 3.63) is 47.5 Å². The van der Waals surface area contributed by atoms with Crippen molar-refractivity contribution < 1.29 is 0 Å². The van der Waals surface area contributed by atoms with E-state index >= 15 is 0 Å². The number of nitrogen functional groups attached to an aromatic ring is 1. The molecule has 0 radical (unpaired) electrons. The molecule has 1 atom stereocenters. The zero-order valence-corrected chi connectivity index (χ0v) is 19.0. The summed E-state index contributed by atoms with van der Waals surface area (Å²) in [6, 6.07) is 7.97. The first-order chi connectivity index (χ1) is 16.6. The van der Waals surface area contributed by atoms with Crippen molar-refractivity contribution in [1.29, 1.82) is 5.26 Å². The fourth-order valence-electron chi connectivity index (χ4n) is 4.99. The highest BCUT2D eigenvalue weighted by atomic mass is 32.2. The molecular formula is C22H21N11S. The van der Waals surface area contributed by atoms with Crippen LogP contribution in [0.25, 0.3) is 11.0 Å². The number of fused-ring (bicyclic) bond motifs is 2. The normalized spacial score (nSPS) is 18.8. The van der Waals surface area contributed by atoms with Gasteiger partial charge in [0.2, 0.25) is 11.9 Å². The summed E-state index contributed by atoms with van der Waals surface area (Å²) < 4.78 is 0. The average Bonchev–Trinajstić information content (AvgIpc) is 3.38. The number of nitrogens with one attached hydrogen (secondary N) is 1. The SMILES string of the molecule is N#Cc1nc(N2CCC3(CC2)Cc2ncccc2[C@H]3N)nc2[nH]nc(Sc3ccnc(N)n3)c12. The van der Waals surface area contributed by atoms with E-state index in [0.717, 1.165) is 43.6 Å². The third kappa shape index (κ3) is 3.32. The molecule has 1 aliphatic carbocycles. The van der Waals surface area contributed by atoms with Gasteiger partial charge in [-0.25, -0.2) is 15.0 Å². The van der Waals surface area contributed by atoms with E-state index in [1.165, 1.54) is 11.8 Å². The van der Waals surface area contributed by atoms with Gasteiger partial charge < -0.3 is 16.4 Å². The summed E-state index contributed by atoms with van der Waals surface area (Å²) in [4.78, 5) is 24.0. The maximum atomic E-state index is 9.83. The Morgan fingerprint density at radius 2 is 2.00 bits per heavy atom. The largest absolute Gasteiger partial charge is 0.368 e. The molecule has 1 aliphatic heterocycles. The molecule has 2 aliphatic rings. The van der Waals surface area contributed by atoms with Gasteiger partial charge in [-0.3, -0.25) is 10.1 Å². The first-order valence-electron chi connectivity index (χ1n) is 10.9. The van der Waals surface area contributed by atoms with Crippen LogP contribution in [0, 0.1) is 16.7 Å². The van der Waals surface area contributed by atoms with E-state index in [9.17, 15) is 5.26 Å². The Labute approximate surface area is 199 Å². The Hall–Kier alpha value is -3.82. The monoisotopic (exact) mass is 471 g/mol. The van der Waals surface area contributed by atoms with Crippen molar-refractivity contribution in [2.24, 2.45) is 11.1 Å². The number of H-pyrrole nitrogens is 1. The topological polar surface area (TPSA) is 172 Å².